The predicted octanol–water partition coefficient (Wildman–Crippen LogP) is 4.30. The number of hydrogen-bond acceptors (Lipinski definition) is 7. The number of aromatic nitrogens is 3. The molecule has 0 fully saturated rings. The number of pyridine rings is 2. The molecule has 0 aliphatic carbocycles. The third-order valence-corrected chi connectivity index (χ3v) is 5.95. The summed E-state index contributed by atoms with van der Waals surface area (Å²) in [6.45, 7) is 0. The first-order chi connectivity index (χ1) is 15.2. The molecule has 152 valence electrons. The smallest absolute Gasteiger partial charge is 0.294 e. The van der Waals surface area contributed by atoms with Crippen molar-refractivity contribution in [3.05, 3.63) is 95.5 Å². The number of phenolic OH excluding ortho intramolecular Hbond substituents is 1. The van der Waals surface area contributed by atoms with Crippen LogP contribution >= 0.6 is 11.3 Å². The number of nitrogens with zero attached hydrogens (tertiary/aromatic N) is 5. The van der Waals surface area contributed by atoms with E-state index in [0.717, 1.165) is 21.8 Å². The van der Waals surface area contributed by atoms with Crippen molar-refractivity contribution in [2.75, 3.05) is 0 Å². The minimum Gasteiger partial charge on any atom is -0.508 e. The standard InChI is InChI=1S/C23H17N5O2S/c29-21-6-2-1-5-17(21)20-12-18(16-4-3-9-25-13-16)27-28(20)23(30)19-14-31-22(26-19)15-7-10-24-11-8-15/h1-11,13-14,20,29H,12H2. The number of carbonyl (C=O) groups excluding carboxylic acids is 1. The fourth-order valence-corrected chi connectivity index (χ4v) is 4.33. The third-order valence-electron chi connectivity index (χ3n) is 5.06. The molecule has 8 heteroatoms. The van der Waals surface area contributed by atoms with Gasteiger partial charge in [0.1, 0.15) is 16.5 Å². The third kappa shape index (κ3) is 3.69. The van der Waals surface area contributed by atoms with Gasteiger partial charge in [0, 0.05) is 53.3 Å². The van der Waals surface area contributed by atoms with E-state index < -0.39 is 6.04 Å². The molecule has 5 rings (SSSR count). The van der Waals surface area contributed by atoms with Crippen LogP contribution in [0.2, 0.25) is 0 Å². The number of aromatic hydroxyl groups is 1. The lowest BCUT2D eigenvalue weighted by molar-refractivity contribution is 0.0704. The highest BCUT2D eigenvalue weighted by Crippen LogP contribution is 2.38. The van der Waals surface area contributed by atoms with Gasteiger partial charge in [0.2, 0.25) is 0 Å². The van der Waals surface area contributed by atoms with Crippen LogP contribution in [0.4, 0.5) is 0 Å². The molecule has 1 aromatic carbocycles. The van der Waals surface area contributed by atoms with Gasteiger partial charge < -0.3 is 5.11 Å². The van der Waals surface area contributed by atoms with E-state index in [1.807, 2.05) is 36.4 Å². The van der Waals surface area contributed by atoms with Crippen molar-refractivity contribution in [1.29, 1.82) is 0 Å². The average molecular weight is 427 g/mol. The number of benzene rings is 1. The largest absolute Gasteiger partial charge is 0.508 e. The molecule has 0 spiro atoms. The quantitative estimate of drug-likeness (QED) is 0.524. The molecular formula is C23H17N5O2S. The zero-order valence-corrected chi connectivity index (χ0v) is 17.1. The Morgan fingerprint density at radius 1 is 1.00 bits per heavy atom. The van der Waals surface area contributed by atoms with E-state index in [9.17, 15) is 9.90 Å². The summed E-state index contributed by atoms with van der Waals surface area (Å²) in [5, 5.41) is 18.9. The molecule has 1 atom stereocenters. The lowest BCUT2D eigenvalue weighted by Crippen LogP contribution is -2.27. The van der Waals surface area contributed by atoms with Crippen molar-refractivity contribution in [3.63, 3.8) is 0 Å². The van der Waals surface area contributed by atoms with Crippen LogP contribution in [0, 0.1) is 0 Å². The molecule has 4 heterocycles. The second-order valence-electron chi connectivity index (χ2n) is 6.99. The minimum atomic E-state index is -0.435. The highest BCUT2D eigenvalue weighted by molar-refractivity contribution is 7.13. The van der Waals surface area contributed by atoms with Crippen molar-refractivity contribution < 1.29 is 9.90 Å². The Morgan fingerprint density at radius 3 is 2.61 bits per heavy atom. The van der Waals surface area contributed by atoms with Crippen molar-refractivity contribution in [1.82, 2.24) is 20.0 Å². The Bertz CT molecular complexity index is 1260. The summed E-state index contributed by atoms with van der Waals surface area (Å²) in [5.74, 6) is -0.188. The van der Waals surface area contributed by atoms with E-state index in [2.05, 4.69) is 20.1 Å². The van der Waals surface area contributed by atoms with Crippen molar-refractivity contribution in [2.45, 2.75) is 12.5 Å². The molecule has 1 amide bonds. The molecule has 0 saturated carbocycles. The van der Waals surface area contributed by atoms with Crippen LogP contribution in [-0.2, 0) is 0 Å². The summed E-state index contributed by atoms with van der Waals surface area (Å²) in [6, 6.07) is 14.0. The summed E-state index contributed by atoms with van der Waals surface area (Å²) in [4.78, 5) is 26.1. The molecular weight excluding hydrogens is 410 g/mol. The minimum absolute atomic E-state index is 0.128. The summed E-state index contributed by atoms with van der Waals surface area (Å²) in [7, 11) is 0. The molecule has 0 saturated heterocycles. The molecule has 0 bridgehead atoms. The van der Waals surface area contributed by atoms with Crippen LogP contribution in [0.3, 0.4) is 0 Å². The molecule has 1 unspecified atom stereocenters. The average Bonchev–Trinajstić information content (AvgIpc) is 3.48. The number of para-hydroxylation sites is 1. The van der Waals surface area contributed by atoms with E-state index in [1.54, 1.807) is 42.3 Å². The van der Waals surface area contributed by atoms with Crippen LogP contribution < -0.4 is 0 Å². The summed E-state index contributed by atoms with van der Waals surface area (Å²) >= 11 is 1.39. The van der Waals surface area contributed by atoms with Gasteiger partial charge in [-0.15, -0.1) is 11.3 Å². The molecule has 1 N–H and O–H groups in total. The van der Waals surface area contributed by atoms with Crippen molar-refractivity contribution >= 4 is 23.0 Å². The fraction of sp³-hybridized carbons (Fsp3) is 0.0870. The van der Waals surface area contributed by atoms with E-state index in [0.29, 0.717) is 17.7 Å². The summed E-state index contributed by atoms with van der Waals surface area (Å²) < 4.78 is 0. The van der Waals surface area contributed by atoms with Gasteiger partial charge in [0.05, 0.1) is 11.8 Å². The van der Waals surface area contributed by atoms with Crippen LogP contribution in [0.25, 0.3) is 10.6 Å². The Kier molecular flexibility index (Phi) is 4.97. The number of hydrogen-bond donors (Lipinski definition) is 1. The van der Waals surface area contributed by atoms with E-state index in [4.69, 9.17) is 0 Å². The van der Waals surface area contributed by atoms with Crippen molar-refractivity contribution in [3.8, 4) is 16.3 Å². The van der Waals surface area contributed by atoms with Crippen LogP contribution in [0.1, 0.15) is 34.1 Å². The molecule has 31 heavy (non-hydrogen) atoms. The lowest BCUT2D eigenvalue weighted by atomic mass is 9.98. The molecule has 7 nitrogen and oxygen atoms in total. The van der Waals surface area contributed by atoms with E-state index in [-0.39, 0.29) is 11.7 Å². The second kappa shape index (κ2) is 8.08. The van der Waals surface area contributed by atoms with E-state index >= 15 is 0 Å². The maximum atomic E-state index is 13.4. The maximum absolute atomic E-state index is 13.4. The van der Waals surface area contributed by atoms with Crippen LogP contribution in [-0.4, -0.2) is 36.7 Å². The Hall–Kier alpha value is -3.91. The number of thiazole rings is 1. The van der Waals surface area contributed by atoms with Gasteiger partial charge in [-0.2, -0.15) is 5.10 Å². The van der Waals surface area contributed by atoms with E-state index in [1.165, 1.54) is 16.3 Å². The molecule has 1 aliphatic heterocycles. The summed E-state index contributed by atoms with van der Waals surface area (Å²) in [5.41, 5.74) is 3.43. The number of phenols is 1. The molecule has 1 aliphatic rings. The van der Waals surface area contributed by atoms with Crippen molar-refractivity contribution in [2.24, 2.45) is 5.10 Å². The monoisotopic (exact) mass is 427 g/mol. The summed E-state index contributed by atoms with van der Waals surface area (Å²) in [6.07, 6.45) is 7.27. The number of carbonyl (C=O) groups is 1. The topological polar surface area (TPSA) is 91.6 Å². The van der Waals surface area contributed by atoms with Crippen LogP contribution in [0.5, 0.6) is 5.75 Å². The number of amides is 1. The first-order valence-electron chi connectivity index (χ1n) is 9.66. The van der Waals surface area contributed by atoms with Gasteiger partial charge in [-0.1, -0.05) is 24.3 Å². The Balaban J connectivity index is 1.52. The first kappa shape index (κ1) is 19.1. The number of hydrazone groups is 1. The normalized spacial score (nSPS) is 15.7. The second-order valence-corrected chi connectivity index (χ2v) is 7.85. The van der Waals surface area contributed by atoms with Gasteiger partial charge >= 0.3 is 0 Å². The predicted molar refractivity (Wildman–Crippen MR) is 118 cm³/mol. The highest BCUT2D eigenvalue weighted by Gasteiger charge is 2.36. The van der Waals surface area contributed by atoms with Gasteiger partial charge in [0.25, 0.3) is 5.91 Å². The number of rotatable bonds is 4. The first-order valence-corrected chi connectivity index (χ1v) is 10.5. The zero-order chi connectivity index (χ0) is 21.2. The van der Waals surface area contributed by atoms with Gasteiger partial charge in [-0.25, -0.2) is 9.99 Å². The molecule has 0 radical (unpaired) electrons. The fourth-order valence-electron chi connectivity index (χ4n) is 3.53. The van der Waals surface area contributed by atoms with Gasteiger partial charge in [-0.05, 0) is 24.3 Å². The van der Waals surface area contributed by atoms with Crippen LogP contribution in [0.15, 0.2) is 83.8 Å². The lowest BCUT2D eigenvalue weighted by Gasteiger charge is -2.22. The Labute approximate surface area is 182 Å². The zero-order valence-electron chi connectivity index (χ0n) is 16.3. The molecule has 4 aromatic rings. The maximum Gasteiger partial charge on any atom is 0.294 e. The highest BCUT2D eigenvalue weighted by atomic mass is 32.1. The van der Waals surface area contributed by atoms with Gasteiger partial charge in [0.15, 0.2) is 0 Å². The SMILES string of the molecule is O=C(c1csc(-c2ccncc2)n1)N1N=C(c2cccnc2)CC1c1ccccc1O. The molecule has 3 aromatic heterocycles. The van der Waals surface area contributed by atoms with Gasteiger partial charge in [-0.3, -0.25) is 14.8 Å². The Morgan fingerprint density at radius 2 is 1.84 bits per heavy atom.